The second-order valence-electron chi connectivity index (χ2n) is 7.52. The summed E-state index contributed by atoms with van der Waals surface area (Å²) in [6, 6.07) is 17.4. The van der Waals surface area contributed by atoms with Crippen molar-refractivity contribution in [3.63, 3.8) is 0 Å². The van der Waals surface area contributed by atoms with Crippen LogP contribution in [0.15, 0.2) is 71.6 Å². The molecule has 0 saturated carbocycles. The second-order valence-corrected chi connectivity index (χ2v) is 10.3. The Hall–Kier alpha value is -3.14. The average molecular weight is 537 g/mol. The molecule has 0 bridgehead atoms. The number of fused-ring (bicyclic) bond motifs is 1. The minimum atomic E-state index is -4.02. The second kappa shape index (κ2) is 10.6. The van der Waals surface area contributed by atoms with E-state index in [0.29, 0.717) is 21.5 Å². The predicted octanol–water partition coefficient (Wildman–Crippen LogP) is 4.15. The zero-order valence-corrected chi connectivity index (χ0v) is 20.9. The summed E-state index contributed by atoms with van der Waals surface area (Å²) in [7, 11) is -2.53. The fourth-order valence-corrected chi connectivity index (χ4v) is 5.21. The van der Waals surface area contributed by atoms with E-state index in [1.165, 1.54) is 31.4 Å². The standard InChI is InChI=1S/C24H22Cl2N2O6S/c1-32-18-7-9-20(10-8-18)35(30,31)28-15-23(34-22-11-4-17(26)14-21(22)28)24(29)27-12-13-33-19-5-2-16(25)3-6-19/h2-11,14,23H,12-13,15H2,1H3,(H,27,29)/t23-/m1/s1. The number of rotatable bonds is 8. The van der Waals surface area contributed by atoms with E-state index in [2.05, 4.69) is 5.32 Å². The lowest BCUT2D eigenvalue weighted by atomic mass is 10.2. The number of hydrogen-bond acceptors (Lipinski definition) is 6. The van der Waals surface area contributed by atoms with Crippen molar-refractivity contribution in [2.45, 2.75) is 11.0 Å². The highest BCUT2D eigenvalue weighted by Crippen LogP contribution is 2.39. The number of anilines is 1. The van der Waals surface area contributed by atoms with Crippen molar-refractivity contribution in [2.75, 3.05) is 31.1 Å². The Balaban J connectivity index is 1.49. The highest BCUT2D eigenvalue weighted by Gasteiger charge is 2.37. The fourth-order valence-electron chi connectivity index (χ4n) is 3.45. The summed E-state index contributed by atoms with van der Waals surface area (Å²) in [5.74, 6) is 0.892. The Morgan fingerprint density at radius 1 is 1.03 bits per heavy atom. The van der Waals surface area contributed by atoms with E-state index in [4.69, 9.17) is 37.4 Å². The molecule has 1 amide bonds. The van der Waals surface area contributed by atoms with Crippen LogP contribution in [0.4, 0.5) is 5.69 Å². The van der Waals surface area contributed by atoms with Crippen molar-refractivity contribution in [1.29, 1.82) is 0 Å². The Morgan fingerprint density at radius 3 is 2.37 bits per heavy atom. The molecule has 8 nitrogen and oxygen atoms in total. The van der Waals surface area contributed by atoms with Gasteiger partial charge < -0.3 is 19.5 Å². The summed E-state index contributed by atoms with van der Waals surface area (Å²) in [4.78, 5) is 12.9. The topological polar surface area (TPSA) is 94.2 Å². The van der Waals surface area contributed by atoms with Crippen LogP contribution in [0, 0.1) is 0 Å². The van der Waals surface area contributed by atoms with Crippen LogP contribution < -0.4 is 23.8 Å². The first-order valence-electron chi connectivity index (χ1n) is 10.6. The number of methoxy groups -OCH3 is 1. The van der Waals surface area contributed by atoms with E-state index in [0.717, 1.165) is 4.31 Å². The first-order chi connectivity index (χ1) is 16.8. The van der Waals surface area contributed by atoms with Crippen molar-refractivity contribution < 1.29 is 27.4 Å². The molecule has 0 radical (unpaired) electrons. The van der Waals surface area contributed by atoms with Gasteiger partial charge in [0.25, 0.3) is 15.9 Å². The van der Waals surface area contributed by atoms with E-state index in [9.17, 15) is 13.2 Å². The number of benzene rings is 3. The van der Waals surface area contributed by atoms with Gasteiger partial charge in [0.1, 0.15) is 23.9 Å². The third-order valence-corrected chi connectivity index (χ3v) is 7.50. The molecule has 0 aliphatic carbocycles. The van der Waals surface area contributed by atoms with Gasteiger partial charge in [0.05, 0.1) is 30.8 Å². The lowest BCUT2D eigenvalue weighted by Gasteiger charge is -2.34. The average Bonchev–Trinajstić information content (AvgIpc) is 2.86. The van der Waals surface area contributed by atoms with Gasteiger partial charge in [-0.05, 0) is 66.7 Å². The number of carbonyl (C=O) groups excluding carboxylic acids is 1. The van der Waals surface area contributed by atoms with Crippen LogP contribution in [0.3, 0.4) is 0 Å². The normalized spacial score (nSPS) is 15.1. The van der Waals surface area contributed by atoms with E-state index >= 15 is 0 Å². The van der Waals surface area contributed by atoms with Crippen LogP contribution >= 0.6 is 23.2 Å². The molecule has 4 rings (SSSR count). The number of amides is 1. The molecular formula is C24H22Cl2N2O6S. The zero-order valence-electron chi connectivity index (χ0n) is 18.6. The van der Waals surface area contributed by atoms with Crippen LogP contribution in [0.2, 0.25) is 10.0 Å². The van der Waals surface area contributed by atoms with Gasteiger partial charge in [-0.3, -0.25) is 9.10 Å². The van der Waals surface area contributed by atoms with Crippen LogP contribution in [-0.4, -0.2) is 47.2 Å². The highest BCUT2D eigenvalue weighted by atomic mass is 35.5. The molecule has 0 aromatic heterocycles. The van der Waals surface area contributed by atoms with Crippen molar-refractivity contribution in [1.82, 2.24) is 5.32 Å². The number of nitrogens with one attached hydrogen (secondary N) is 1. The largest absolute Gasteiger partial charge is 0.497 e. The van der Waals surface area contributed by atoms with Crippen LogP contribution in [0.1, 0.15) is 0 Å². The maximum absolute atomic E-state index is 13.5. The summed E-state index contributed by atoms with van der Waals surface area (Å²) < 4.78 is 44.6. The number of hydrogen-bond donors (Lipinski definition) is 1. The molecule has 0 fully saturated rings. The minimum Gasteiger partial charge on any atom is -0.497 e. The lowest BCUT2D eigenvalue weighted by molar-refractivity contribution is -0.127. The van der Waals surface area contributed by atoms with E-state index < -0.39 is 22.0 Å². The molecule has 1 atom stereocenters. The van der Waals surface area contributed by atoms with Gasteiger partial charge >= 0.3 is 0 Å². The van der Waals surface area contributed by atoms with Crippen molar-refractivity contribution in [3.05, 3.63) is 76.8 Å². The van der Waals surface area contributed by atoms with Crippen LogP contribution in [0.5, 0.6) is 17.2 Å². The van der Waals surface area contributed by atoms with Gasteiger partial charge in [0.2, 0.25) is 0 Å². The third kappa shape index (κ3) is 5.75. The maximum atomic E-state index is 13.5. The van der Waals surface area contributed by atoms with Gasteiger partial charge in [-0.2, -0.15) is 0 Å². The van der Waals surface area contributed by atoms with Crippen LogP contribution in [0.25, 0.3) is 0 Å². The van der Waals surface area contributed by atoms with Gasteiger partial charge in [-0.1, -0.05) is 23.2 Å². The van der Waals surface area contributed by atoms with Gasteiger partial charge in [-0.15, -0.1) is 0 Å². The smallest absolute Gasteiger partial charge is 0.264 e. The van der Waals surface area contributed by atoms with Crippen molar-refractivity contribution in [2.24, 2.45) is 0 Å². The predicted molar refractivity (Wildman–Crippen MR) is 133 cm³/mol. The monoisotopic (exact) mass is 536 g/mol. The summed E-state index contributed by atoms with van der Waals surface area (Å²) in [5.41, 5.74) is 0.253. The third-order valence-electron chi connectivity index (χ3n) is 5.21. The summed E-state index contributed by atoms with van der Waals surface area (Å²) in [5, 5.41) is 3.65. The molecule has 1 N–H and O–H groups in total. The maximum Gasteiger partial charge on any atom is 0.264 e. The molecule has 1 aliphatic heterocycles. The number of carbonyl (C=O) groups is 1. The first kappa shape index (κ1) is 25.0. The fraction of sp³-hybridized carbons (Fsp3) is 0.208. The number of ether oxygens (including phenoxy) is 3. The lowest BCUT2D eigenvalue weighted by Crippen LogP contribution is -2.51. The molecule has 0 saturated heterocycles. The molecule has 3 aromatic rings. The van der Waals surface area contributed by atoms with E-state index in [1.54, 1.807) is 42.5 Å². The van der Waals surface area contributed by atoms with Gasteiger partial charge in [-0.25, -0.2) is 8.42 Å². The highest BCUT2D eigenvalue weighted by molar-refractivity contribution is 7.92. The molecule has 0 unspecified atom stereocenters. The summed E-state index contributed by atoms with van der Waals surface area (Å²) in [6.45, 7) is 0.172. The van der Waals surface area contributed by atoms with Gasteiger partial charge in [0, 0.05) is 10.0 Å². The molecule has 0 spiro atoms. The number of nitrogens with zero attached hydrogens (tertiary/aromatic N) is 1. The molecule has 184 valence electrons. The first-order valence-corrected chi connectivity index (χ1v) is 12.8. The Bertz CT molecular complexity index is 1300. The Labute approximate surface area is 213 Å². The number of halogens is 2. The summed E-state index contributed by atoms with van der Waals surface area (Å²) in [6.07, 6.45) is -1.08. The SMILES string of the molecule is COc1ccc(S(=O)(=O)N2C[C@H](C(=O)NCCOc3ccc(Cl)cc3)Oc3ccc(Cl)cc32)cc1. The molecule has 3 aromatic carbocycles. The molecular weight excluding hydrogens is 515 g/mol. The molecule has 35 heavy (non-hydrogen) atoms. The van der Waals surface area contributed by atoms with Crippen molar-refractivity contribution >= 4 is 44.8 Å². The van der Waals surface area contributed by atoms with Crippen LogP contribution in [-0.2, 0) is 14.8 Å². The number of sulfonamides is 1. The Morgan fingerprint density at radius 2 is 1.69 bits per heavy atom. The molecule has 1 aliphatic rings. The molecule has 1 heterocycles. The molecule has 11 heteroatoms. The Kier molecular flexibility index (Phi) is 7.59. The van der Waals surface area contributed by atoms with E-state index in [1.807, 2.05) is 0 Å². The van der Waals surface area contributed by atoms with Crippen molar-refractivity contribution in [3.8, 4) is 17.2 Å². The van der Waals surface area contributed by atoms with E-state index in [-0.39, 0.29) is 36.0 Å². The summed E-state index contributed by atoms with van der Waals surface area (Å²) >= 11 is 12.0. The minimum absolute atomic E-state index is 0.0432. The van der Waals surface area contributed by atoms with Gasteiger partial charge in [0.15, 0.2) is 6.10 Å². The quantitative estimate of drug-likeness (QED) is 0.434. The zero-order chi connectivity index (χ0) is 25.0.